The molecule has 0 radical (unpaired) electrons. The molecule has 0 heterocycles. The van der Waals surface area contributed by atoms with E-state index in [9.17, 15) is 9.59 Å². The number of amides is 2. The second-order valence-corrected chi connectivity index (χ2v) is 3.97. The SMILES string of the molecule is COCCCCCCCCC(=O)NC(C)=O. The van der Waals surface area contributed by atoms with Gasteiger partial charge in [-0.1, -0.05) is 25.7 Å². The van der Waals surface area contributed by atoms with Crippen molar-refractivity contribution in [3.63, 3.8) is 0 Å². The Morgan fingerprint density at radius 2 is 1.56 bits per heavy atom. The molecule has 0 spiro atoms. The van der Waals surface area contributed by atoms with E-state index in [0.717, 1.165) is 32.3 Å². The summed E-state index contributed by atoms with van der Waals surface area (Å²) in [6.07, 6.45) is 7.02. The lowest BCUT2D eigenvalue weighted by Gasteiger charge is -2.02. The summed E-state index contributed by atoms with van der Waals surface area (Å²) in [5.74, 6) is -0.434. The number of hydrogen-bond acceptors (Lipinski definition) is 3. The summed E-state index contributed by atoms with van der Waals surface area (Å²) in [7, 11) is 1.72. The van der Waals surface area contributed by atoms with Crippen LogP contribution in [0.25, 0.3) is 0 Å². The monoisotopic (exact) mass is 229 g/mol. The van der Waals surface area contributed by atoms with Gasteiger partial charge in [-0.15, -0.1) is 0 Å². The second-order valence-electron chi connectivity index (χ2n) is 3.97. The molecule has 0 saturated carbocycles. The lowest BCUT2D eigenvalue weighted by atomic mass is 10.1. The van der Waals surface area contributed by atoms with Gasteiger partial charge in [0, 0.05) is 27.1 Å². The van der Waals surface area contributed by atoms with Crippen molar-refractivity contribution >= 4 is 11.8 Å². The first kappa shape index (κ1) is 15.1. The molecule has 0 aromatic carbocycles. The van der Waals surface area contributed by atoms with E-state index in [0.29, 0.717) is 6.42 Å². The quantitative estimate of drug-likeness (QED) is 0.615. The lowest BCUT2D eigenvalue weighted by molar-refractivity contribution is -0.129. The molecule has 4 heteroatoms. The van der Waals surface area contributed by atoms with Gasteiger partial charge in [0.2, 0.25) is 11.8 Å². The molecular formula is C12H23NO3. The minimum atomic E-state index is -0.274. The molecule has 4 nitrogen and oxygen atoms in total. The third-order valence-corrected chi connectivity index (χ3v) is 2.32. The molecule has 0 aromatic heterocycles. The molecule has 0 aromatic rings. The van der Waals surface area contributed by atoms with Crippen LogP contribution in [0.15, 0.2) is 0 Å². The van der Waals surface area contributed by atoms with Crippen LogP contribution in [-0.2, 0) is 14.3 Å². The number of methoxy groups -OCH3 is 1. The molecule has 94 valence electrons. The van der Waals surface area contributed by atoms with Crippen LogP contribution < -0.4 is 5.32 Å². The average molecular weight is 229 g/mol. The number of carbonyl (C=O) groups excluding carboxylic acids is 2. The highest BCUT2D eigenvalue weighted by Gasteiger charge is 2.02. The highest BCUT2D eigenvalue weighted by atomic mass is 16.5. The zero-order chi connectivity index (χ0) is 12.2. The first-order valence-corrected chi connectivity index (χ1v) is 5.96. The summed E-state index contributed by atoms with van der Waals surface area (Å²) in [6.45, 7) is 2.19. The predicted octanol–water partition coefficient (Wildman–Crippen LogP) is 2.03. The summed E-state index contributed by atoms with van der Waals surface area (Å²) in [6, 6.07) is 0. The van der Waals surface area contributed by atoms with Crippen LogP contribution in [0.2, 0.25) is 0 Å². The molecule has 16 heavy (non-hydrogen) atoms. The van der Waals surface area contributed by atoms with Crippen LogP contribution >= 0.6 is 0 Å². The molecule has 0 aliphatic rings. The van der Waals surface area contributed by atoms with Crippen LogP contribution in [-0.4, -0.2) is 25.5 Å². The molecule has 2 amide bonds. The third kappa shape index (κ3) is 11.2. The zero-order valence-corrected chi connectivity index (χ0v) is 10.4. The normalized spacial score (nSPS) is 10.1. The van der Waals surface area contributed by atoms with Gasteiger partial charge in [-0.05, 0) is 12.8 Å². The molecule has 0 fully saturated rings. The lowest BCUT2D eigenvalue weighted by Crippen LogP contribution is -2.27. The minimum absolute atomic E-state index is 0.160. The largest absolute Gasteiger partial charge is 0.385 e. The maximum Gasteiger partial charge on any atom is 0.226 e. The maximum atomic E-state index is 11.1. The van der Waals surface area contributed by atoms with Crippen LogP contribution in [0.3, 0.4) is 0 Å². The van der Waals surface area contributed by atoms with E-state index in [4.69, 9.17) is 4.74 Å². The fraction of sp³-hybridized carbons (Fsp3) is 0.833. The van der Waals surface area contributed by atoms with Gasteiger partial charge in [0.05, 0.1) is 0 Å². The van der Waals surface area contributed by atoms with Gasteiger partial charge >= 0.3 is 0 Å². The smallest absolute Gasteiger partial charge is 0.226 e. The van der Waals surface area contributed by atoms with E-state index in [-0.39, 0.29) is 11.8 Å². The van der Waals surface area contributed by atoms with Crippen LogP contribution in [0, 0.1) is 0 Å². The number of carbonyl (C=O) groups is 2. The zero-order valence-electron chi connectivity index (χ0n) is 10.4. The summed E-state index contributed by atoms with van der Waals surface area (Å²) < 4.78 is 4.95. The number of ether oxygens (including phenoxy) is 1. The molecule has 1 N–H and O–H groups in total. The highest BCUT2D eigenvalue weighted by molar-refractivity contribution is 5.93. The van der Waals surface area contributed by atoms with Gasteiger partial charge in [0.25, 0.3) is 0 Å². The van der Waals surface area contributed by atoms with Crippen molar-refractivity contribution in [2.45, 2.75) is 51.9 Å². The Morgan fingerprint density at radius 3 is 2.12 bits per heavy atom. The van der Waals surface area contributed by atoms with E-state index in [1.807, 2.05) is 0 Å². The Balaban J connectivity index is 3.14. The van der Waals surface area contributed by atoms with Crippen molar-refractivity contribution < 1.29 is 14.3 Å². The average Bonchev–Trinajstić information content (AvgIpc) is 2.21. The van der Waals surface area contributed by atoms with Gasteiger partial charge in [0.15, 0.2) is 0 Å². The Hall–Kier alpha value is -0.900. The minimum Gasteiger partial charge on any atom is -0.385 e. The second kappa shape index (κ2) is 10.6. The number of hydrogen-bond donors (Lipinski definition) is 1. The number of nitrogens with one attached hydrogen (secondary N) is 1. The fourth-order valence-corrected chi connectivity index (χ4v) is 1.50. The molecule has 0 unspecified atom stereocenters. The third-order valence-electron chi connectivity index (χ3n) is 2.32. The predicted molar refractivity (Wildman–Crippen MR) is 63.0 cm³/mol. The van der Waals surface area contributed by atoms with E-state index in [1.54, 1.807) is 7.11 Å². The molecule has 0 atom stereocenters. The molecule has 0 aliphatic heterocycles. The van der Waals surface area contributed by atoms with Gasteiger partial charge in [-0.2, -0.15) is 0 Å². The van der Waals surface area contributed by atoms with Crippen molar-refractivity contribution in [2.24, 2.45) is 0 Å². The standard InChI is InChI=1S/C12H23NO3/c1-11(14)13-12(15)9-7-5-3-4-6-8-10-16-2/h3-10H2,1-2H3,(H,13,14,15). The Kier molecular flexibility index (Phi) is 10.0. The van der Waals surface area contributed by atoms with Crippen LogP contribution in [0.1, 0.15) is 51.9 Å². The Bertz CT molecular complexity index is 204. The highest BCUT2D eigenvalue weighted by Crippen LogP contribution is 2.07. The molecule has 0 aliphatic carbocycles. The molecule has 0 saturated heterocycles. The van der Waals surface area contributed by atoms with Crippen molar-refractivity contribution in [2.75, 3.05) is 13.7 Å². The van der Waals surface area contributed by atoms with Crippen LogP contribution in [0.5, 0.6) is 0 Å². The first-order valence-electron chi connectivity index (χ1n) is 5.96. The number of imide groups is 1. The first-order chi connectivity index (χ1) is 7.66. The van der Waals surface area contributed by atoms with Crippen molar-refractivity contribution in [3.05, 3.63) is 0 Å². The van der Waals surface area contributed by atoms with Crippen molar-refractivity contribution in [3.8, 4) is 0 Å². The molecule has 0 rings (SSSR count). The summed E-state index contributed by atoms with van der Waals surface area (Å²) in [5, 5.41) is 2.27. The van der Waals surface area contributed by atoms with Gasteiger partial charge in [-0.3, -0.25) is 14.9 Å². The van der Waals surface area contributed by atoms with Gasteiger partial charge in [-0.25, -0.2) is 0 Å². The topological polar surface area (TPSA) is 55.4 Å². The van der Waals surface area contributed by atoms with Crippen LogP contribution in [0.4, 0.5) is 0 Å². The van der Waals surface area contributed by atoms with Gasteiger partial charge < -0.3 is 4.74 Å². The summed E-state index contributed by atoms with van der Waals surface area (Å²) in [5.41, 5.74) is 0. The van der Waals surface area contributed by atoms with E-state index in [1.165, 1.54) is 19.8 Å². The molecule has 0 bridgehead atoms. The Labute approximate surface area is 97.7 Å². The maximum absolute atomic E-state index is 11.1. The fourth-order valence-electron chi connectivity index (χ4n) is 1.50. The van der Waals surface area contributed by atoms with Crippen molar-refractivity contribution in [1.82, 2.24) is 5.32 Å². The number of unbranched alkanes of at least 4 members (excludes halogenated alkanes) is 5. The van der Waals surface area contributed by atoms with E-state index < -0.39 is 0 Å². The molecular weight excluding hydrogens is 206 g/mol. The number of rotatable bonds is 9. The van der Waals surface area contributed by atoms with Gasteiger partial charge in [0.1, 0.15) is 0 Å². The van der Waals surface area contributed by atoms with E-state index in [2.05, 4.69) is 5.32 Å². The summed E-state index contributed by atoms with van der Waals surface area (Å²) >= 11 is 0. The Morgan fingerprint density at radius 1 is 1.00 bits per heavy atom. The summed E-state index contributed by atoms with van der Waals surface area (Å²) in [4.78, 5) is 21.6. The van der Waals surface area contributed by atoms with E-state index >= 15 is 0 Å². The van der Waals surface area contributed by atoms with Crippen molar-refractivity contribution in [1.29, 1.82) is 0 Å².